The molecule has 0 N–H and O–H groups in total. The van der Waals surface area contributed by atoms with Crippen molar-refractivity contribution >= 4 is 17.1 Å². The van der Waals surface area contributed by atoms with Gasteiger partial charge in [0.1, 0.15) is 34.1 Å². The lowest BCUT2D eigenvalue weighted by molar-refractivity contribution is 0.561. The van der Waals surface area contributed by atoms with E-state index in [1.165, 1.54) is 24.8 Å². The third-order valence-corrected chi connectivity index (χ3v) is 4.55. The normalized spacial score (nSPS) is 14.0. The van der Waals surface area contributed by atoms with Gasteiger partial charge in [0.15, 0.2) is 0 Å². The topological polar surface area (TPSA) is 61.2 Å². The Bertz CT molecular complexity index is 730. The molecule has 23 heavy (non-hydrogen) atoms. The summed E-state index contributed by atoms with van der Waals surface area (Å²) in [5.74, 6) is -1.47. The lowest BCUT2D eigenvalue weighted by atomic mass is 10.0. The molecule has 0 aliphatic carbocycles. The molecular weight excluding hydrogens is 320 g/mol. The largest absolute Gasteiger partial charge is 0.591 e. The zero-order chi connectivity index (χ0) is 17.2. The molecule has 1 aromatic heterocycles. The summed E-state index contributed by atoms with van der Waals surface area (Å²) in [6, 6.07) is 2.12. The molecule has 0 fully saturated rings. The van der Waals surface area contributed by atoms with E-state index in [1.54, 1.807) is 27.7 Å². The fraction of sp³-hybridized carbons (Fsp3) is 0.312. The van der Waals surface area contributed by atoms with Gasteiger partial charge in [-0.2, -0.15) is 0 Å². The van der Waals surface area contributed by atoms with E-state index in [0.29, 0.717) is 5.56 Å². The molecule has 7 heteroatoms. The van der Waals surface area contributed by atoms with Crippen molar-refractivity contribution in [3.05, 3.63) is 48.1 Å². The molecule has 0 saturated carbocycles. The van der Waals surface area contributed by atoms with Gasteiger partial charge in [-0.1, -0.05) is 4.40 Å². The van der Waals surface area contributed by atoms with Crippen molar-refractivity contribution < 1.29 is 13.3 Å². The molecule has 0 radical (unpaired) electrons. The fourth-order valence-electron chi connectivity index (χ4n) is 1.80. The number of halogens is 2. The highest BCUT2D eigenvalue weighted by Gasteiger charge is 2.27. The van der Waals surface area contributed by atoms with Gasteiger partial charge < -0.3 is 4.55 Å². The van der Waals surface area contributed by atoms with Crippen molar-refractivity contribution in [2.45, 2.75) is 32.4 Å². The molecule has 0 bridgehead atoms. The number of aromatic nitrogens is 2. The predicted molar refractivity (Wildman–Crippen MR) is 87.5 cm³/mol. The first-order chi connectivity index (χ1) is 10.7. The summed E-state index contributed by atoms with van der Waals surface area (Å²) in [5, 5.41) is 0. The summed E-state index contributed by atoms with van der Waals surface area (Å²) in [6.45, 7) is 6.86. The minimum absolute atomic E-state index is 0.0999. The van der Waals surface area contributed by atoms with Crippen molar-refractivity contribution in [3.63, 3.8) is 0 Å². The third kappa shape index (κ3) is 4.11. The van der Waals surface area contributed by atoms with Crippen LogP contribution in [0.5, 0.6) is 0 Å². The second-order valence-corrected chi connectivity index (χ2v) is 7.88. The van der Waals surface area contributed by atoms with Crippen LogP contribution in [0, 0.1) is 11.6 Å². The fourth-order valence-corrected chi connectivity index (χ4v) is 2.42. The van der Waals surface area contributed by atoms with Gasteiger partial charge in [-0.25, -0.2) is 18.7 Å². The van der Waals surface area contributed by atoms with Gasteiger partial charge in [0, 0.05) is 35.2 Å². The van der Waals surface area contributed by atoms with E-state index in [4.69, 9.17) is 0 Å². The van der Waals surface area contributed by atoms with Crippen LogP contribution in [0.25, 0.3) is 11.1 Å². The van der Waals surface area contributed by atoms with Crippen molar-refractivity contribution in [3.8, 4) is 11.1 Å². The van der Waals surface area contributed by atoms with E-state index in [1.807, 2.05) is 0 Å². The Hall–Kier alpha value is -1.86. The van der Waals surface area contributed by atoms with Gasteiger partial charge in [-0.3, -0.25) is 0 Å². The van der Waals surface area contributed by atoms with Crippen LogP contribution in [-0.2, 0) is 11.4 Å². The Labute approximate surface area is 137 Å². The second-order valence-electron chi connectivity index (χ2n) is 5.98. The Morgan fingerprint density at radius 1 is 1.13 bits per heavy atom. The van der Waals surface area contributed by atoms with Crippen LogP contribution in [0.2, 0.25) is 0 Å². The average Bonchev–Trinajstić information content (AvgIpc) is 2.47. The van der Waals surface area contributed by atoms with E-state index in [2.05, 4.69) is 14.4 Å². The Morgan fingerprint density at radius 3 is 2.30 bits per heavy atom. The zero-order valence-corrected chi connectivity index (χ0v) is 14.1. The summed E-state index contributed by atoms with van der Waals surface area (Å²) in [6.07, 6.45) is 4.20. The van der Waals surface area contributed by atoms with Gasteiger partial charge in [0.25, 0.3) is 0 Å². The van der Waals surface area contributed by atoms with Gasteiger partial charge in [-0.15, -0.1) is 0 Å². The van der Waals surface area contributed by atoms with Crippen molar-refractivity contribution in [2.75, 3.05) is 0 Å². The van der Waals surface area contributed by atoms with Crippen molar-refractivity contribution in [1.82, 2.24) is 9.97 Å². The van der Waals surface area contributed by atoms with Gasteiger partial charge >= 0.3 is 0 Å². The number of hydrogen-bond acceptors (Lipinski definition) is 4. The molecular formula is C16H17F2N3OS. The number of hydrogen-bond donors (Lipinski definition) is 0. The minimum atomic E-state index is -1.53. The Balaban J connectivity index is 2.50. The summed E-state index contributed by atoms with van der Waals surface area (Å²) in [5.41, 5.74) is 0.936. The van der Waals surface area contributed by atoms with Crippen LogP contribution in [0.1, 0.15) is 33.3 Å². The number of benzene rings is 1. The monoisotopic (exact) mass is 337 g/mol. The highest BCUT2D eigenvalue weighted by Crippen LogP contribution is 2.26. The lowest BCUT2D eigenvalue weighted by Gasteiger charge is -2.19. The molecule has 0 spiro atoms. The second kappa shape index (κ2) is 6.72. The summed E-state index contributed by atoms with van der Waals surface area (Å²) >= 11 is -1.53. The maximum atomic E-state index is 14.1. The molecule has 1 aromatic carbocycles. The SMILES string of the molecule is CC(=N[S+]([O-])C(C)(C)C)c1cc(-c2cncnc2)c(F)cc1F. The maximum absolute atomic E-state index is 14.1. The lowest BCUT2D eigenvalue weighted by Crippen LogP contribution is -2.26. The van der Waals surface area contributed by atoms with Gasteiger partial charge in [-0.05, 0) is 33.8 Å². The molecule has 1 unspecified atom stereocenters. The third-order valence-electron chi connectivity index (χ3n) is 3.06. The van der Waals surface area contributed by atoms with Crippen molar-refractivity contribution in [1.29, 1.82) is 0 Å². The summed E-state index contributed by atoms with van der Waals surface area (Å²) < 4.78 is 43.7. The van der Waals surface area contributed by atoms with Crippen LogP contribution in [0.4, 0.5) is 8.78 Å². The maximum Gasteiger partial charge on any atom is 0.144 e. The average molecular weight is 337 g/mol. The standard InChI is InChI=1S/C16H17F2N3OS/c1-10(21-23(22)16(2,3)4)12-5-13(15(18)6-14(12)17)11-7-19-9-20-8-11/h5-9H,1-4H3. The molecule has 0 amide bonds. The first-order valence-electron chi connectivity index (χ1n) is 6.92. The van der Waals surface area contributed by atoms with Crippen LogP contribution in [-0.4, -0.2) is 25.0 Å². The minimum Gasteiger partial charge on any atom is -0.591 e. The van der Waals surface area contributed by atoms with Crippen LogP contribution < -0.4 is 0 Å². The molecule has 2 aromatic rings. The van der Waals surface area contributed by atoms with E-state index >= 15 is 0 Å². The Kier molecular flexibility index (Phi) is 5.11. The summed E-state index contributed by atoms with van der Waals surface area (Å²) in [4.78, 5) is 7.66. The van der Waals surface area contributed by atoms with Gasteiger partial charge in [0.05, 0.1) is 5.71 Å². The van der Waals surface area contributed by atoms with E-state index < -0.39 is 27.7 Å². The molecule has 1 heterocycles. The van der Waals surface area contributed by atoms with Crippen LogP contribution in [0.3, 0.4) is 0 Å². The molecule has 0 saturated heterocycles. The van der Waals surface area contributed by atoms with E-state index in [0.717, 1.165) is 6.07 Å². The van der Waals surface area contributed by atoms with Crippen molar-refractivity contribution in [2.24, 2.45) is 4.40 Å². The first-order valence-corrected chi connectivity index (χ1v) is 8.03. The molecule has 2 rings (SSSR count). The zero-order valence-electron chi connectivity index (χ0n) is 13.3. The summed E-state index contributed by atoms with van der Waals surface area (Å²) in [7, 11) is 0. The van der Waals surface area contributed by atoms with Gasteiger partial charge in [0.2, 0.25) is 0 Å². The molecule has 4 nitrogen and oxygen atoms in total. The molecule has 122 valence electrons. The van der Waals surface area contributed by atoms with Crippen LogP contribution in [0.15, 0.2) is 35.3 Å². The first kappa shape index (κ1) is 17.5. The predicted octanol–water partition coefficient (Wildman–Crippen LogP) is 3.69. The Morgan fingerprint density at radius 2 is 1.74 bits per heavy atom. The van der Waals surface area contributed by atoms with Crippen LogP contribution >= 0.6 is 0 Å². The molecule has 1 atom stereocenters. The molecule has 0 aliphatic heterocycles. The van der Waals surface area contributed by atoms with E-state index in [-0.39, 0.29) is 16.8 Å². The molecule has 0 aliphatic rings. The van der Waals surface area contributed by atoms with E-state index in [9.17, 15) is 13.3 Å². The highest BCUT2D eigenvalue weighted by atomic mass is 32.2. The smallest absolute Gasteiger partial charge is 0.144 e. The highest BCUT2D eigenvalue weighted by molar-refractivity contribution is 7.91. The quantitative estimate of drug-likeness (QED) is 0.634. The number of rotatable bonds is 3. The number of nitrogens with zero attached hydrogens (tertiary/aromatic N) is 3.